The van der Waals surface area contributed by atoms with Gasteiger partial charge in [-0.2, -0.15) is 0 Å². The predicted octanol–water partition coefficient (Wildman–Crippen LogP) is 4.63. The number of hydrogen-bond acceptors (Lipinski definition) is 5. The fourth-order valence-corrected chi connectivity index (χ4v) is 4.44. The van der Waals surface area contributed by atoms with Gasteiger partial charge >= 0.3 is 5.97 Å². The normalized spacial score (nSPS) is 20.0. The van der Waals surface area contributed by atoms with Crippen molar-refractivity contribution in [3.63, 3.8) is 0 Å². The van der Waals surface area contributed by atoms with Gasteiger partial charge in [-0.15, -0.1) is 0 Å². The van der Waals surface area contributed by atoms with E-state index in [4.69, 9.17) is 9.84 Å². The van der Waals surface area contributed by atoms with E-state index in [1.165, 1.54) is 5.69 Å². The first-order valence-electron chi connectivity index (χ1n) is 12.0. The Balaban J connectivity index is 1.61. The standard InChI is InChI=1S/C26H37N3O4/c1-4-6-24(19-7-9-20(10-8-19)26(32)27-16-15-25(30)31)33-22-13-11-21(12-14-22)29-17-28-18(3)23(29)5-2/h7-11,13,17,21-22,24,26-27,32H,4-6,12,14-16H2,1-3H3,(H,30,31). The molecule has 4 atom stereocenters. The maximum absolute atomic E-state index is 10.6. The maximum atomic E-state index is 10.6. The number of aryl methyl sites for hydroxylation is 1. The van der Waals surface area contributed by atoms with Gasteiger partial charge in [0.15, 0.2) is 0 Å². The first-order chi connectivity index (χ1) is 15.9. The smallest absolute Gasteiger partial charge is 0.304 e. The van der Waals surface area contributed by atoms with Gasteiger partial charge in [-0.3, -0.25) is 10.1 Å². The molecule has 180 valence electrons. The third-order valence-corrected chi connectivity index (χ3v) is 6.28. The number of carboxylic acid groups (broad SMARTS) is 1. The van der Waals surface area contributed by atoms with Gasteiger partial charge in [-0.05, 0) is 43.7 Å². The summed E-state index contributed by atoms with van der Waals surface area (Å²) in [5.41, 5.74) is 4.21. The fraction of sp³-hybridized carbons (Fsp3) is 0.538. The van der Waals surface area contributed by atoms with Crippen LogP contribution in [0.15, 0.2) is 42.7 Å². The molecule has 3 N–H and O–H groups in total. The number of ether oxygens (including phenoxy) is 1. The predicted molar refractivity (Wildman–Crippen MR) is 128 cm³/mol. The van der Waals surface area contributed by atoms with Crippen LogP contribution in [0.25, 0.3) is 0 Å². The first-order valence-corrected chi connectivity index (χ1v) is 12.0. The lowest BCUT2D eigenvalue weighted by atomic mass is 9.98. The minimum atomic E-state index is -0.890. The van der Waals surface area contributed by atoms with Gasteiger partial charge < -0.3 is 19.5 Å². The Morgan fingerprint density at radius 2 is 1.94 bits per heavy atom. The number of benzene rings is 1. The van der Waals surface area contributed by atoms with Crippen molar-refractivity contribution < 1.29 is 19.7 Å². The summed E-state index contributed by atoms with van der Waals surface area (Å²) in [5.74, 6) is -0.890. The molecule has 7 heteroatoms. The molecule has 0 saturated heterocycles. The van der Waals surface area contributed by atoms with Crippen molar-refractivity contribution >= 4 is 5.97 Å². The number of carboxylic acids is 1. The summed E-state index contributed by atoms with van der Waals surface area (Å²) in [6.07, 6.45) is 10.5. The Kier molecular flexibility index (Phi) is 9.23. The van der Waals surface area contributed by atoms with Crippen molar-refractivity contribution in [3.8, 4) is 0 Å². The summed E-state index contributed by atoms with van der Waals surface area (Å²) in [6.45, 7) is 6.61. The second kappa shape index (κ2) is 12.1. The third kappa shape index (κ3) is 6.76. The van der Waals surface area contributed by atoms with Crippen LogP contribution in [0.1, 0.15) is 86.8 Å². The summed E-state index contributed by atoms with van der Waals surface area (Å²) in [6, 6.07) is 8.07. The van der Waals surface area contributed by atoms with Crippen molar-refractivity contribution in [1.29, 1.82) is 0 Å². The highest BCUT2D eigenvalue weighted by Crippen LogP contribution is 2.31. The van der Waals surface area contributed by atoms with E-state index in [2.05, 4.69) is 47.8 Å². The van der Waals surface area contributed by atoms with E-state index in [0.29, 0.717) is 11.6 Å². The Hall–Kier alpha value is -2.48. The molecule has 1 aromatic carbocycles. The molecule has 0 radical (unpaired) electrons. The fourth-order valence-electron chi connectivity index (χ4n) is 4.44. The van der Waals surface area contributed by atoms with E-state index in [0.717, 1.165) is 43.4 Å². The first kappa shape index (κ1) is 25.1. The Bertz CT molecular complexity index is 922. The molecule has 0 fully saturated rings. The van der Waals surface area contributed by atoms with Gasteiger partial charge in [0.2, 0.25) is 0 Å². The number of allylic oxidation sites excluding steroid dienone is 1. The average molecular weight is 456 g/mol. The third-order valence-electron chi connectivity index (χ3n) is 6.28. The van der Waals surface area contributed by atoms with Crippen LogP contribution in [0.4, 0.5) is 0 Å². The molecule has 1 heterocycles. The minimum absolute atomic E-state index is 0.00550. The minimum Gasteiger partial charge on any atom is -0.481 e. The lowest BCUT2D eigenvalue weighted by Gasteiger charge is -2.29. The van der Waals surface area contributed by atoms with E-state index in [-0.39, 0.29) is 25.2 Å². The van der Waals surface area contributed by atoms with E-state index in [9.17, 15) is 9.90 Å². The van der Waals surface area contributed by atoms with Gasteiger partial charge in [0, 0.05) is 12.2 Å². The van der Waals surface area contributed by atoms with Crippen molar-refractivity contribution in [3.05, 3.63) is 65.3 Å². The van der Waals surface area contributed by atoms with Crippen molar-refractivity contribution in [1.82, 2.24) is 14.9 Å². The largest absolute Gasteiger partial charge is 0.481 e. The van der Waals surface area contributed by atoms with Crippen LogP contribution >= 0.6 is 0 Å². The van der Waals surface area contributed by atoms with E-state index >= 15 is 0 Å². The van der Waals surface area contributed by atoms with Crippen LogP contribution in [0, 0.1) is 6.92 Å². The molecule has 7 nitrogen and oxygen atoms in total. The number of aliphatic hydroxyl groups excluding tert-OH is 1. The SMILES string of the molecule is CCCC(OC1C=CC(n2cnc(C)c2CC)CC1)c1ccc(C(O)NCCC(=O)O)cc1. The van der Waals surface area contributed by atoms with Gasteiger partial charge in [0.25, 0.3) is 0 Å². The molecular formula is C26H37N3O4. The molecule has 1 aromatic heterocycles. The number of hydrogen-bond donors (Lipinski definition) is 3. The molecular weight excluding hydrogens is 418 g/mol. The quantitative estimate of drug-likeness (QED) is 0.319. The van der Waals surface area contributed by atoms with Gasteiger partial charge in [0.1, 0.15) is 6.23 Å². The summed E-state index contributed by atoms with van der Waals surface area (Å²) in [7, 11) is 0. The number of nitrogens with one attached hydrogen (secondary N) is 1. The molecule has 1 aliphatic carbocycles. The number of aliphatic hydroxyl groups is 1. The summed E-state index contributed by atoms with van der Waals surface area (Å²) in [5, 5.41) is 21.8. The highest BCUT2D eigenvalue weighted by atomic mass is 16.5. The van der Waals surface area contributed by atoms with Gasteiger partial charge in [-0.25, -0.2) is 4.98 Å². The molecule has 3 rings (SSSR count). The lowest BCUT2D eigenvalue weighted by molar-refractivity contribution is -0.137. The lowest BCUT2D eigenvalue weighted by Crippen LogP contribution is -2.24. The van der Waals surface area contributed by atoms with Crippen LogP contribution in [-0.4, -0.2) is 38.4 Å². The van der Waals surface area contributed by atoms with Gasteiger partial charge in [0.05, 0.1) is 36.7 Å². The van der Waals surface area contributed by atoms with Gasteiger partial charge in [-0.1, -0.05) is 56.7 Å². The monoisotopic (exact) mass is 455 g/mol. The maximum Gasteiger partial charge on any atom is 0.304 e. The summed E-state index contributed by atoms with van der Waals surface area (Å²) < 4.78 is 8.79. The molecule has 1 aliphatic rings. The zero-order valence-corrected chi connectivity index (χ0v) is 19.9. The molecule has 0 saturated carbocycles. The topological polar surface area (TPSA) is 96.6 Å². The second-order valence-electron chi connectivity index (χ2n) is 8.69. The van der Waals surface area contributed by atoms with Crippen LogP contribution in [0.2, 0.25) is 0 Å². The molecule has 0 spiro atoms. The number of nitrogens with zero attached hydrogens (tertiary/aromatic N) is 2. The van der Waals surface area contributed by atoms with E-state index in [1.807, 2.05) is 30.6 Å². The highest BCUT2D eigenvalue weighted by Gasteiger charge is 2.23. The van der Waals surface area contributed by atoms with E-state index < -0.39 is 12.2 Å². The number of aromatic nitrogens is 2. The second-order valence-corrected chi connectivity index (χ2v) is 8.69. The molecule has 0 bridgehead atoms. The van der Waals surface area contributed by atoms with Crippen LogP contribution in [0.5, 0.6) is 0 Å². The number of carbonyl (C=O) groups is 1. The number of imidazole rings is 1. The Morgan fingerprint density at radius 1 is 1.21 bits per heavy atom. The Morgan fingerprint density at radius 3 is 2.55 bits per heavy atom. The Labute approximate surface area is 196 Å². The number of aliphatic carboxylic acids is 1. The molecule has 0 aliphatic heterocycles. The number of rotatable bonds is 12. The molecule has 2 aromatic rings. The van der Waals surface area contributed by atoms with Crippen LogP contribution < -0.4 is 5.32 Å². The van der Waals surface area contributed by atoms with E-state index in [1.54, 1.807) is 0 Å². The average Bonchev–Trinajstić information content (AvgIpc) is 3.19. The summed E-state index contributed by atoms with van der Waals surface area (Å²) >= 11 is 0. The van der Waals surface area contributed by atoms with Crippen molar-refractivity contribution in [2.45, 2.75) is 83.8 Å². The van der Waals surface area contributed by atoms with Crippen molar-refractivity contribution in [2.75, 3.05) is 6.54 Å². The highest BCUT2D eigenvalue weighted by molar-refractivity contribution is 5.66. The molecule has 0 amide bonds. The van der Waals surface area contributed by atoms with Crippen molar-refractivity contribution in [2.24, 2.45) is 0 Å². The molecule has 33 heavy (non-hydrogen) atoms. The molecule has 4 unspecified atom stereocenters. The summed E-state index contributed by atoms with van der Waals surface area (Å²) in [4.78, 5) is 15.1. The zero-order chi connectivity index (χ0) is 23.8. The van der Waals surface area contributed by atoms with Crippen LogP contribution in [-0.2, 0) is 16.0 Å². The zero-order valence-electron chi connectivity index (χ0n) is 19.9. The van der Waals surface area contributed by atoms with Crippen LogP contribution in [0.3, 0.4) is 0 Å².